The largest absolute Gasteiger partial charge is 0.486 e. The molecule has 2 rings (SSSR count). The van der Waals surface area contributed by atoms with Gasteiger partial charge in [-0.1, -0.05) is 6.07 Å². The van der Waals surface area contributed by atoms with Crippen molar-refractivity contribution in [2.75, 3.05) is 13.1 Å². The number of nitrogens with one attached hydrogen (secondary N) is 1. The third kappa shape index (κ3) is 3.70. The van der Waals surface area contributed by atoms with Crippen molar-refractivity contribution in [2.45, 2.75) is 39.4 Å². The maximum absolute atomic E-state index is 11.1. The van der Waals surface area contributed by atoms with Gasteiger partial charge in [0.15, 0.2) is 6.10 Å². The van der Waals surface area contributed by atoms with Crippen LogP contribution in [0.3, 0.4) is 0 Å². The van der Waals surface area contributed by atoms with Crippen LogP contribution < -0.4 is 10.1 Å². The van der Waals surface area contributed by atoms with Crippen molar-refractivity contribution < 1.29 is 14.3 Å². The minimum Gasteiger partial charge on any atom is -0.486 e. The Bertz CT molecular complexity index is 459. The number of hydrogen-bond acceptors (Lipinski definition) is 4. The van der Waals surface area contributed by atoms with Gasteiger partial charge in [0.2, 0.25) is 0 Å². The predicted octanol–water partition coefficient (Wildman–Crippen LogP) is 1.98. The van der Waals surface area contributed by atoms with E-state index in [2.05, 4.69) is 19.2 Å². The fraction of sp³-hybridized carbons (Fsp3) is 0.533. The van der Waals surface area contributed by atoms with Crippen LogP contribution in [0, 0.1) is 13.8 Å². The fourth-order valence-electron chi connectivity index (χ4n) is 2.23. The Hall–Kier alpha value is -1.55. The molecule has 2 atom stereocenters. The lowest BCUT2D eigenvalue weighted by molar-refractivity contribution is -0.152. The van der Waals surface area contributed by atoms with Crippen LogP contribution in [0.4, 0.5) is 0 Å². The molecule has 0 unspecified atom stereocenters. The van der Waals surface area contributed by atoms with Crippen LogP contribution in [0.2, 0.25) is 0 Å². The van der Waals surface area contributed by atoms with Gasteiger partial charge in [-0.15, -0.1) is 0 Å². The molecule has 1 aromatic rings. The number of carbonyl (C=O) groups excluding carboxylic acids is 1. The molecule has 0 aliphatic carbocycles. The molecular weight excluding hydrogens is 242 g/mol. The highest BCUT2D eigenvalue weighted by Gasteiger charge is 2.29. The first-order valence-electron chi connectivity index (χ1n) is 6.68. The van der Waals surface area contributed by atoms with Gasteiger partial charge in [0.25, 0.3) is 0 Å². The van der Waals surface area contributed by atoms with Gasteiger partial charge in [-0.2, -0.15) is 0 Å². The number of ether oxygens (including phenoxy) is 2. The molecule has 1 heterocycles. The van der Waals surface area contributed by atoms with Crippen LogP contribution in [0.5, 0.6) is 5.75 Å². The van der Waals surface area contributed by atoms with Crippen LogP contribution in [0.1, 0.15) is 24.5 Å². The maximum Gasteiger partial charge on any atom is 0.303 e. The molecule has 1 aliphatic rings. The van der Waals surface area contributed by atoms with E-state index in [4.69, 9.17) is 9.47 Å². The van der Waals surface area contributed by atoms with E-state index < -0.39 is 0 Å². The third-order valence-corrected chi connectivity index (χ3v) is 3.45. The molecule has 1 saturated heterocycles. The van der Waals surface area contributed by atoms with Crippen molar-refractivity contribution in [1.82, 2.24) is 5.32 Å². The van der Waals surface area contributed by atoms with Gasteiger partial charge in [-0.25, -0.2) is 0 Å². The molecule has 0 aromatic heterocycles. The van der Waals surface area contributed by atoms with Gasteiger partial charge >= 0.3 is 5.97 Å². The highest BCUT2D eigenvalue weighted by Crippen LogP contribution is 2.21. The molecule has 0 bridgehead atoms. The highest BCUT2D eigenvalue weighted by molar-refractivity contribution is 5.66. The van der Waals surface area contributed by atoms with Crippen LogP contribution >= 0.6 is 0 Å². The van der Waals surface area contributed by atoms with Crippen LogP contribution in [-0.2, 0) is 9.53 Å². The summed E-state index contributed by atoms with van der Waals surface area (Å²) in [5.41, 5.74) is 2.45. The van der Waals surface area contributed by atoms with E-state index in [1.165, 1.54) is 18.1 Å². The topological polar surface area (TPSA) is 47.6 Å². The lowest BCUT2D eigenvalue weighted by Gasteiger charge is -2.31. The van der Waals surface area contributed by atoms with Crippen molar-refractivity contribution in [3.8, 4) is 5.75 Å². The first kappa shape index (κ1) is 13.9. The fourth-order valence-corrected chi connectivity index (χ4v) is 2.23. The number of carbonyl (C=O) groups is 1. The second-order valence-electron chi connectivity index (χ2n) is 5.04. The number of hydrogen-bond donors (Lipinski definition) is 1. The Labute approximate surface area is 114 Å². The Balaban J connectivity index is 2.06. The van der Waals surface area contributed by atoms with Crippen LogP contribution in [-0.4, -0.2) is 31.3 Å². The zero-order valence-corrected chi connectivity index (χ0v) is 11.7. The van der Waals surface area contributed by atoms with Crippen molar-refractivity contribution in [2.24, 2.45) is 0 Å². The minimum atomic E-state index is -0.262. The molecule has 1 aliphatic heterocycles. The van der Waals surface area contributed by atoms with E-state index in [1.54, 1.807) is 0 Å². The zero-order valence-electron chi connectivity index (χ0n) is 11.7. The van der Waals surface area contributed by atoms with Crippen molar-refractivity contribution in [3.63, 3.8) is 0 Å². The first-order valence-corrected chi connectivity index (χ1v) is 6.68. The number of aryl methyl sites for hydroxylation is 2. The van der Waals surface area contributed by atoms with E-state index in [0.717, 1.165) is 18.7 Å². The van der Waals surface area contributed by atoms with Crippen LogP contribution in [0.15, 0.2) is 18.2 Å². The van der Waals surface area contributed by atoms with E-state index in [1.807, 2.05) is 18.2 Å². The summed E-state index contributed by atoms with van der Waals surface area (Å²) in [6, 6.07) is 6.05. The molecule has 4 nitrogen and oxygen atoms in total. The molecule has 4 heteroatoms. The molecule has 0 amide bonds. The molecule has 0 radical (unpaired) electrons. The predicted molar refractivity (Wildman–Crippen MR) is 73.4 cm³/mol. The van der Waals surface area contributed by atoms with E-state index in [-0.39, 0.29) is 18.2 Å². The Morgan fingerprint density at radius 3 is 2.74 bits per heavy atom. The molecule has 0 saturated carbocycles. The van der Waals surface area contributed by atoms with Gasteiger partial charge in [-0.3, -0.25) is 4.79 Å². The number of rotatable bonds is 3. The summed E-state index contributed by atoms with van der Waals surface area (Å²) in [6.45, 7) is 7.10. The molecule has 1 fully saturated rings. The summed E-state index contributed by atoms with van der Waals surface area (Å²) in [4.78, 5) is 11.1. The lowest BCUT2D eigenvalue weighted by Crippen LogP contribution is -2.48. The van der Waals surface area contributed by atoms with Gasteiger partial charge in [-0.05, 0) is 43.7 Å². The smallest absolute Gasteiger partial charge is 0.303 e. The normalized spacial score (nSPS) is 22.9. The third-order valence-electron chi connectivity index (χ3n) is 3.45. The monoisotopic (exact) mass is 263 g/mol. The summed E-state index contributed by atoms with van der Waals surface area (Å²) < 4.78 is 11.3. The lowest BCUT2D eigenvalue weighted by atomic mass is 10.1. The molecule has 1 aromatic carbocycles. The molecule has 104 valence electrons. The maximum atomic E-state index is 11.1. The average Bonchev–Trinajstić information content (AvgIpc) is 2.36. The zero-order chi connectivity index (χ0) is 13.8. The van der Waals surface area contributed by atoms with Crippen molar-refractivity contribution in [1.29, 1.82) is 0 Å². The molecular formula is C15H21NO3. The summed E-state index contributed by atoms with van der Waals surface area (Å²) in [7, 11) is 0. The molecule has 19 heavy (non-hydrogen) atoms. The Kier molecular flexibility index (Phi) is 4.43. The number of benzene rings is 1. The van der Waals surface area contributed by atoms with Crippen molar-refractivity contribution in [3.05, 3.63) is 29.3 Å². The SMILES string of the molecule is CC(=O)O[C@@H]1CNCC[C@H]1Oc1ccc(C)c(C)c1. The second kappa shape index (κ2) is 6.06. The van der Waals surface area contributed by atoms with Gasteiger partial charge < -0.3 is 14.8 Å². The summed E-state index contributed by atoms with van der Waals surface area (Å²) in [5.74, 6) is 0.578. The van der Waals surface area contributed by atoms with E-state index in [9.17, 15) is 4.79 Å². The van der Waals surface area contributed by atoms with E-state index in [0.29, 0.717) is 6.54 Å². The van der Waals surface area contributed by atoms with Crippen LogP contribution in [0.25, 0.3) is 0 Å². The quantitative estimate of drug-likeness (QED) is 0.847. The van der Waals surface area contributed by atoms with Gasteiger partial charge in [0.05, 0.1) is 0 Å². The van der Waals surface area contributed by atoms with E-state index >= 15 is 0 Å². The average molecular weight is 263 g/mol. The molecule has 1 N–H and O–H groups in total. The summed E-state index contributed by atoms with van der Waals surface area (Å²) in [6.07, 6.45) is 0.547. The highest BCUT2D eigenvalue weighted by atomic mass is 16.6. The minimum absolute atomic E-state index is 0.0766. The second-order valence-corrected chi connectivity index (χ2v) is 5.04. The Morgan fingerprint density at radius 1 is 1.26 bits per heavy atom. The number of piperidine rings is 1. The Morgan fingerprint density at radius 2 is 2.05 bits per heavy atom. The summed E-state index contributed by atoms with van der Waals surface area (Å²) in [5, 5.41) is 3.22. The summed E-state index contributed by atoms with van der Waals surface area (Å²) >= 11 is 0. The van der Waals surface area contributed by atoms with Gasteiger partial charge in [0, 0.05) is 19.9 Å². The van der Waals surface area contributed by atoms with Gasteiger partial charge in [0.1, 0.15) is 11.9 Å². The standard InChI is InChI=1S/C15H21NO3/c1-10-4-5-13(8-11(10)2)19-14-6-7-16-9-15(14)18-12(3)17/h4-5,8,14-16H,6-7,9H2,1-3H3/t14-,15-/m1/s1. The molecule has 0 spiro atoms. The first-order chi connectivity index (χ1) is 9.06. The van der Waals surface area contributed by atoms with Crippen molar-refractivity contribution >= 4 is 5.97 Å². The number of esters is 1.